The Bertz CT molecular complexity index is 602. The molecule has 100 valence electrons. The van der Waals surface area contributed by atoms with E-state index in [9.17, 15) is 4.39 Å². The van der Waals surface area contributed by atoms with Crippen LogP contribution in [0.5, 0.6) is 0 Å². The maximum Gasteiger partial charge on any atom is 0.247 e. The van der Waals surface area contributed by atoms with Crippen LogP contribution >= 0.6 is 15.9 Å². The molecule has 0 radical (unpaired) electrons. The third kappa shape index (κ3) is 2.42. The van der Waals surface area contributed by atoms with Crippen molar-refractivity contribution >= 4 is 15.9 Å². The molecule has 1 aromatic carbocycles. The van der Waals surface area contributed by atoms with E-state index in [2.05, 4.69) is 26.1 Å². The van der Waals surface area contributed by atoms with Crippen molar-refractivity contribution in [3.05, 3.63) is 34.4 Å². The monoisotopic (exact) mass is 325 g/mol. The fourth-order valence-electron chi connectivity index (χ4n) is 2.10. The second-order valence-electron chi connectivity index (χ2n) is 5.14. The van der Waals surface area contributed by atoms with E-state index in [4.69, 9.17) is 10.3 Å². The number of hydrogen-bond donors (Lipinski definition) is 1. The molecule has 1 saturated carbocycles. The summed E-state index contributed by atoms with van der Waals surface area (Å²) in [5.74, 6) is 0.798. The number of hydrogen-bond acceptors (Lipinski definition) is 4. The number of nitrogens with zero attached hydrogens (tertiary/aromatic N) is 2. The van der Waals surface area contributed by atoms with Crippen LogP contribution < -0.4 is 5.73 Å². The maximum absolute atomic E-state index is 13.4. The minimum atomic E-state index is -0.601. The first-order valence-corrected chi connectivity index (χ1v) is 6.85. The highest BCUT2D eigenvalue weighted by atomic mass is 79.9. The number of benzene rings is 1. The quantitative estimate of drug-likeness (QED) is 0.940. The van der Waals surface area contributed by atoms with Crippen LogP contribution in [0.1, 0.15) is 25.7 Å². The molecular weight excluding hydrogens is 313 g/mol. The smallest absolute Gasteiger partial charge is 0.247 e. The van der Waals surface area contributed by atoms with E-state index in [1.807, 2.05) is 6.92 Å². The van der Waals surface area contributed by atoms with Gasteiger partial charge in [0.25, 0.3) is 0 Å². The van der Waals surface area contributed by atoms with Crippen LogP contribution in [0, 0.1) is 11.7 Å². The van der Waals surface area contributed by atoms with Crippen molar-refractivity contribution in [2.45, 2.75) is 25.3 Å². The Morgan fingerprint density at radius 2 is 2.16 bits per heavy atom. The molecule has 0 bridgehead atoms. The summed E-state index contributed by atoms with van der Waals surface area (Å²) in [5, 5.41) is 3.89. The first kappa shape index (κ1) is 12.7. The van der Waals surface area contributed by atoms with Gasteiger partial charge in [-0.1, -0.05) is 21.1 Å². The van der Waals surface area contributed by atoms with E-state index in [-0.39, 0.29) is 5.82 Å². The maximum atomic E-state index is 13.4. The third-order valence-electron chi connectivity index (χ3n) is 3.43. The van der Waals surface area contributed by atoms with Gasteiger partial charge in [0.05, 0.1) is 5.54 Å². The number of nitrogens with two attached hydrogens (primary N) is 1. The van der Waals surface area contributed by atoms with Crippen molar-refractivity contribution < 1.29 is 8.91 Å². The van der Waals surface area contributed by atoms with Gasteiger partial charge in [-0.15, -0.1) is 0 Å². The lowest BCUT2D eigenvalue weighted by Gasteiger charge is -2.18. The van der Waals surface area contributed by atoms with Crippen LogP contribution in [-0.2, 0) is 5.54 Å². The molecule has 1 fully saturated rings. The molecule has 1 aromatic heterocycles. The zero-order chi connectivity index (χ0) is 13.6. The van der Waals surface area contributed by atoms with Crippen molar-refractivity contribution in [1.82, 2.24) is 10.1 Å². The lowest BCUT2D eigenvalue weighted by molar-refractivity contribution is 0.273. The van der Waals surface area contributed by atoms with Crippen molar-refractivity contribution in [1.29, 1.82) is 0 Å². The average molecular weight is 326 g/mol. The molecule has 1 atom stereocenters. The van der Waals surface area contributed by atoms with Crippen molar-refractivity contribution in [3.63, 3.8) is 0 Å². The highest BCUT2D eigenvalue weighted by Crippen LogP contribution is 2.43. The van der Waals surface area contributed by atoms with Crippen LogP contribution in [0.2, 0.25) is 0 Å². The Morgan fingerprint density at radius 1 is 1.42 bits per heavy atom. The summed E-state index contributed by atoms with van der Waals surface area (Å²) in [4.78, 5) is 4.31. The molecule has 1 aliphatic rings. The zero-order valence-corrected chi connectivity index (χ0v) is 11.9. The van der Waals surface area contributed by atoms with Gasteiger partial charge in [-0.25, -0.2) is 4.39 Å². The molecule has 0 aliphatic heterocycles. The van der Waals surface area contributed by atoms with Crippen molar-refractivity contribution in [2.24, 2.45) is 11.7 Å². The topological polar surface area (TPSA) is 64.9 Å². The molecule has 19 heavy (non-hydrogen) atoms. The van der Waals surface area contributed by atoms with E-state index in [0.717, 1.165) is 12.8 Å². The number of halogens is 2. The molecular formula is C13H13BrFN3O. The molecule has 2 N–H and O–H groups in total. The number of rotatable bonds is 3. The predicted octanol–water partition coefficient (Wildman–Crippen LogP) is 3.22. The van der Waals surface area contributed by atoms with Gasteiger partial charge in [0, 0.05) is 10.0 Å². The normalized spacial score (nSPS) is 18.3. The summed E-state index contributed by atoms with van der Waals surface area (Å²) in [5.41, 5.74) is 6.18. The molecule has 2 aromatic rings. The Balaban J connectivity index is 1.96. The van der Waals surface area contributed by atoms with Crippen LogP contribution in [0.3, 0.4) is 0 Å². The standard InChI is InChI=1S/C13H13BrFN3O/c1-13(16,8-2-3-8)12-17-11(18-19-12)7-4-9(14)6-10(15)5-7/h4-6,8H,2-3,16H2,1H3. The fraction of sp³-hybridized carbons (Fsp3) is 0.385. The third-order valence-corrected chi connectivity index (χ3v) is 3.89. The molecule has 3 rings (SSSR count). The Hall–Kier alpha value is -1.27. The summed E-state index contributed by atoms with van der Waals surface area (Å²) >= 11 is 3.24. The van der Waals surface area contributed by atoms with Gasteiger partial charge < -0.3 is 10.3 Å². The molecule has 0 saturated heterocycles. The minimum absolute atomic E-state index is 0.353. The minimum Gasteiger partial charge on any atom is -0.337 e. The molecule has 1 aliphatic carbocycles. The zero-order valence-electron chi connectivity index (χ0n) is 10.4. The summed E-state index contributed by atoms with van der Waals surface area (Å²) in [6, 6.07) is 4.48. The van der Waals surface area contributed by atoms with Crippen LogP contribution in [-0.4, -0.2) is 10.1 Å². The van der Waals surface area contributed by atoms with E-state index in [1.165, 1.54) is 12.1 Å². The van der Waals surface area contributed by atoms with Crippen molar-refractivity contribution in [3.8, 4) is 11.4 Å². The summed E-state index contributed by atoms with van der Waals surface area (Å²) in [6.45, 7) is 1.89. The average Bonchev–Trinajstić information content (AvgIpc) is 3.06. The van der Waals surface area contributed by atoms with Gasteiger partial charge in [0.15, 0.2) is 0 Å². The summed E-state index contributed by atoms with van der Waals surface area (Å²) < 4.78 is 19.2. The van der Waals surface area contributed by atoms with Crippen LogP contribution in [0.25, 0.3) is 11.4 Å². The van der Waals surface area contributed by atoms with Gasteiger partial charge in [-0.05, 0) is 43.9 Å². The second kappa shape index (κ2) is 4.38. The highest BCUT2D eigenvalue weighted by Gasteiger charge is 2.43. The summed E-state index contributed by atoms with van der Waals surface area (Å²) in [6.07, 6.45) is 2.16. The fourth-order valence-corrected chi connectivity index (χ4v) is 2.57. The van der Waals surface area contributed by atoms with Crippen LogP contribution in [0.15, 0.2) is 27.2 Å². The Morgan fingerprint density at radius 3 is 2.79 bits per heavy atom. The van der Waals surface area contributed by atoms with Gasteiger partial charge in [-0.2, -0.15) is 4.98 Å². The van der Waals surface area contributed by atoms with Gasteiger partial charge >= 0.3 is 0 Å². The Kier molecular flexibility index (Phi) is 2.94. The van der Waals surface area contributed by atoms with Gasteiger partial charge in [-0.3, -0.25) is 0 Å². The van der Waals surface area contributed by atoms with Crippen molar-refractivity contribution in [2.75, 3.05) is 0 Å². The summed E-state index contributed by atoms with van der Waals surface area (Å²) in [7, 11) is 0. The lowest BCUT2D eigenvalue weighted by atomic mass is 9.97. The largest absolute Gasteiger partial charge is 0.337 e. The van der Waals surface area contributed by atoms with E-state index < -0.39 is 5.54 Å². The van der Waals surface area contributed by atoms with Gasteiger partial charge in [0.2, 0.25) is 11.7 Å². The molecule has 1 unspecified atom stereocenters. The lowest BCUT2D eigenvalue weighted by Crippen LogP contribution is -2.35. The highest BCUT2D eigenvalue weighted by molar-refractivity contribution is 9.10. The number of aromatic nitrogens is 2. The predicted molar refractivity (Wildman–Crippen MR) is 71.7 cm³/mol. The second-order valence-corrected chi connectivity index (χ2v) is 6.05. The molecule has 4 nitrogen and oxygen atoms in total. The first-order chi connectivity index (χ1) is 8.96. The van der Waals surface area contributed by atoms with E-state index in [1.54, 1.807) is 6.07 Å². The SMILES string of the molecule is CC(N)(c1nc(-c2cc(F)cc(Br)c2)no1)C1CC1. The first-order valence-electron chi connectivity index (χ1n) is 6.06. The molecule has 0 amide bonds. The van der Waals surface area contributed by atoms with Gasteiger partial charge in [0.1, 0.15) is 5.82 Å². The molecule has 6 heteroatoms. The Labute approximate surface area is 118 Å². The molecule has 1 heterocycles. The van der Waals surface area contributed by atoms with E-state index >= 15 is 0 Å². The van der Waals surface area contributed by atoms with E-state index in [0.29, 0.717) is 27.7 Å². The van der Waals surface area contributed by atoms with Crippen LogP contribution in [0.4, 0.5) is 4.39 Å². The molecule has 0 spiro atoms.